The Morgan fingerprint density at radius 1 is 1.33 bits per heavy atom. The SMILES string of the molecule is CNCc1ccc(C)c(S(=O)(=O)NCCOC)c1. The molecule has 0 atom stereocenters. The van der Waals surface area contributed by atoms with Crippen molar-refractivity contribution in [1.82, 2.24) is 10.0 Å². The van der Waals surface area contributed by atoms with Crippen LogP contribution in [-0.4, -0.2) is 35.7 Å². The molecule has 0 fully saturated rings. The summed E-state index contributed by atoms with van der Waals surface area (Å²) in [5.41, 5.74) is 1.68. The van der Waals surface area contributed by atoms with E-state index < -0.39 is 10.0 Å². The molecule has 5 nitrogen and oxygen atoms in total. The van der Waals surface area contributed by atoms with Gasteiger partial charge in [-0.05, 0) is 31.2 Å². The minimum absolute atomic E-state index is 0.272. The lowest BCUT2D eigenvalue weighted by Gasteiger charge is -2.11. The van der Waals surface area contributed by atoms with E-state index >= 15 is 0 Å². The molecule has 1 rings (SSSR count). The van der Waals surface area contributed by atoms with Crippen LogP contribution in [0.15, 0.2) is 23.1 Å². The third-order valence-corrected chi connectivity index (χ3v) is 4.12. The van der Waals surface area contributed by atoms with Gasteiger partial charge in [0.25, 0.3) is 0 Å². The number of ether oxygens (including phenoxy) is 1. The summed E-state index contributed by atoms with van der Waals surface area (Å²) in [5, 5.41) is 3.00. The first-order valence-corrected chi connectivity index (χ1v) is 7.22. The summed E-state index contributed by atoms with van der Waals surface area (Å²) < 4.78 is 31.5. The van der Waals surface area contributed by atoms with Gasteiger partial charge in [-0.25, -0.2) is 13.1 Å². The highest BCUT2D eigenvalue weighted by molar-refractivity contribution is 7.89. The Labute approximate surface area is 109 Å². The standard InChI is InChI=1S/C12H20N2O3S/c1-10-4-5-11(9-13-2)8-12(10)18(15,16)14-6-7-17-3/h4-5,8,13-14H,6-7,9H2,1-3H3. The number of hydrogen-bond donors (Lipinski definition) is 2. The van der Waals surface area contributed by atoms with Gasteiger partial charge in [0.1, 0.15) is 0 Å². The van der Waals surface area contributed by atoms with Gasteiger partial charge in [0.15, 0.2) is 0 Å². The summed E-state index contributed by atoms with van der Waals surface area (Å²) in [6.45, 7) is 3.05. The minimum Gasteiger partial charge on any atom is -0.383 e. The molecule has 1 aromatic carbocycles. The van der Waals surface area contributed by atoms with Gasteiger partial charge in [0.2, 0.25) is 10.0 Å². The van der Waals surface area contributed by atoms with Crippen molar-refractivity contribution in [2.75, 3.05) is 27.3 Å². The zero-order valence-electron chi connectivity index (χ0n) is 11.0. The highest BCUT2D eigenvalue weighted by Crippen LogP contribution is 2.16. The van der Waals surface area contributed by atoms with E-state index in [1.54, 1.807) is 13.0 Å². The van der Waals surface area contributed by atoms with Crippen molar-refractivity contribution in [3.05, 3.63) is 29.3 Å². The van der Waals surface area contributed by atoms with Crippen LogP contribution < -0.4 is 10.0 Å². The number of rotatable bonds is 7. The molecular formula is C12H20N2O3S. The van der Waals surface area contributed by atoms with E-state index in [2.05, 4.69) is 10.0 Å². The first-order chi connectivity index (χ1) is 8.51. The first kappa shape index (κ1) is 15.1. The lowest BCUT2D eigenvalue weighted by Crippen LogP contribution is -2.28. The third kappa shape index (κ3) is 4.06. The summed E-state index contributed by atoms with van der Waals surface area (Å²) in [6.07, 6.45) is 0. The van der Waals surface area contributed by atoms with Gasteiger partial charge in [-0.2, -0.15) is 0 Å². The molecule has 0 amide bonds. The van der Waals surface area contributed by atoms with E-state index in [9.17, 15) is 8.42 Å². The van der Waals surface area contributed by atoms with Gasteiger partial charge in [-0.1, -0.05) is 12.1 Å². The van der Waals surface area contributed by atoms with Gasteiger partial charge >= 0.3 is 0 Å². The zero-order chi connectivity index (χ0) is 13.6. The number of aryl methyl sites for hydroxylation is 1. The Bertz CT molecular complexity index is 486. The Morgan fingerprint density at radius 2 is 2.06 bits per heavy atom. The van der Waals surface area contributed by atoms with Crippen molar-refractivity contribution < 1.29 is 13.2 Å². The van der Waals surface area contributed by atoms with Crippen LogP contribution in [0, 0.1) is 6.92 Å². The average molecular weight is 272 g/mol. The number of hydrogen-bond acceptors (Lipinski definition) is 4. The van der Waals surface area contributed by atoms with Crippen LogP contribution in [0.2, 0.25) is 0 Å². The average Bonchev–Trinajstić information content (AvgIpc) is 2.32. The summed E-state index contributed by atoms with van der Waals surface area (Å²) in [7, 11) is -0.103. The fourth-order valence-electron chi connectivity index (χ4n) is 1.60. The maximum atomic E-state index is 12.1. The Morgan fingerprint density at radius 3 is 2.67 bits per heavy atom. The van der Waals surface area contributed by atoms with Gasteiger partial charge in [0, 0.05) is 20.2 Å². The van der Waals surface area contributed by atoms with Crippen molar-refractivity contribution in [3.8, 4) is 0 Å². The fourth-order valence-corrected chi connectivity index (χ4v) is 2.91. The van der Waals surface area contributed by atoms with E-state index in [1.807, 2.05) is 19.2 Å². The molecule has 6 heteroatoms. The topological polar surface area (TPSA) is 67.4 Å². The summed E-state index contributed by atoms with van der Waals surface area (Å²) >= 11 is 0. The molecule has 0 aliphatic carbocycles. The van der Waals surface area contributed by atoms with Crippen LogP contribution in [0.3, 0.4) is 0 Å². The normalized spacial score (nSPS) is 11.7. The van der Waals surface area contributed by atoms with Gasteiger partial charge < -0.3 is 10.1 Å². The van der Waals surface area contributed by atoms with E-state index in [1.165, 1.54) is 7.11 Å². The number of sulfonamides is 1. The van der Waals surface area contributed by atoms with E-state index in [0.29, 0.717) is 18.0 Å². The predicted molar refractivity (Wildman–Crippen MR) is 71.0 cm³/mol. The molecule has 18 heavy (non-hydrogen) atoms. The predicted octanol–water partition coefficient (Wildman–Crippen LogP) is 0.639. The molecule has 0 saturated carbocycles. The van der Waals surface area contributed by atoms with Gasteiger partial charge in [0.05, 0.1) is 11.5 Å². The molecule has 2 N–H and O–H groups in total. The van der Waals surface area contributed by atoms with Crippen molar-refractivity contribution >= 4 is 10.0 Å². The van der Waals surface area contributed by atoms with Crippen LogP contribution in [0.1, 0.15) is 11.1 Å². The molecule has 0 unspecified atom stereocenters. The van der Waals surface area contributed by atoms with Crippen LogP contribution in [0.4, 0.5) is 0 Å². The summed E-state index contributed by atoms with van der Waals surface area (Å²) in [6, 6.07) is 5.43. The molecule has 0 aromatic heterocycles. The van der Waals surface area contributed by atoms with E-state index in [-0.39, 0.29) is 6.54 Å². The maximum absolute atomic E-state index is 12.1. The minimum atomic E-state index is -3.46. The zero-order valence-corrected chi connectivity index (χ0v) is 11.8. The molecule has 0 spiro atoms. The lowest BCUT2D eigenvalue weighted by molar-refractivity contribution is 0.204. The van der Waals surface area contributed by atoms with Crippen molar-refractivity contribution in [2.24, 2.45) is 0 Å². The smallest absolute Gasteiger partial charge is 0.240 e. The van der Waals surface area contributed by atoms with Gasteiger partial charge in [-0.3, -0.25) is 0 Å². The second-order valence-corrected chi connectivity index (χ2v) is 5.76. The molecule has 1 aromatic rings. The van der Waals surface area contributed by atoms with E-state index in [0.717, 1.165) is 11.1 Å². The molecular weight excluding hydrogens is 252 g/mol. The third-order valence-electron chi connectivity index (χ3n) is 2.52. The number of methoxy groups -OCH3 is 1. The quantitative estimate of drug-likeness (QED) is 0.715. The highest BCUT2D eigenvalue weighted by Gasteiger charge is 2.16. The Balaban J connectivity index is 2.95. The van der Waals surface area contributed by atoms with E-state index in [4.69, 9.17) is 4.74 Å². The fraction of sp³-hybridized carbons (Fsp3) is 0.500. The molecule has 0 radical (unpaired) electrons. The van der Waals surface area contributed by atoms with Crippen LogP contribution in [0.5, 0.6) is 0 Å². The molecule has 0 aliphatic heterocycles. The van der Waals surface area contributed by atoms with Crippen LogP contribution in [0.25, 0.3) is 0 Å². The number of nitrogens with one attached hydrogen (secondary N) is 2. The second kappa shape index (κ2) is 6.84. The van der Waals surface area contributed by atoms with Crippen molar-refractivity contribution in [1.29, 1.82) is 0 Å². The molecule has 102 valence electrons. The van der Waals surface area contributed by atoms with Crippen molar-refractivity contribution in [2.45, 2.75) is 18.4 Å². The molecule has 0 heterocycles. The number of benzene rings is 1. The Kier molecular flexibility index (Phi) is 5.74. The summed E-state index contributed by atoms with van der Waals surface area (Å²) in [4.78, 5) is 0.325. The molecule has 0 bridgehead atoms. The maximum Gasteiger partial charge on any atom is 0.240 e. The molecule has 0 aliphatic rings. The lowest BCUT2D eigenvalue weighted by atomic mass is 10.1. The summed E-state index contributed by atoms with van der Waals surface area (Å²) in [5.74, 6) is 0. The first-order valence-electron chi connectivity index (χ1n) is 5.74. The Hall–Kier alpha value is -0.950. The monoisotopic (exact) mass is 272 g/mol. The van der Waals surface area contributed by atoms with Gasteiger partial charge in [-0.15, -0.1) is 0 Å². The van der Waals surface area contributed by atoms with Crippen LogP contribution in [-0.2, 0) is 21.3 Å². The highest BCUT2D eigenvalue weighted by atomic mass is 32.2. The second-order valence-electron chi connectivity index (χ2n) is 4.02. The molecule has 0 saturated heterocycles. The van der Waals surface area contributed by atoms with Crippen molar-refractivity contribution in [3.63, 3.8) is 0 Å². The largest absolute Gasteiger partial charge is 0.383 e. The van der Waals surface area contributed by atoms with Crippen LogP contribution >= 0.6 is 0 Å².